The molecule has 1 aliphatic rings. The van der Waals surface area contributed by atoms with Crippen molar-refractivity contribution in [3.05, 3.63) is 35.4 Å². The lowest BCUT2D eigenvalue weighted by Gasteiger charge is -2.26. The van der Waals surface area contributed by atoms with Crippen LogP contribution >= 0.6 is 0 Å². The third kappa shape index (κ3) is 5.09. The Morgan fingerprint density at radius 1 is 1.13 bits per heavy atom. The van der Waals surface area contributed by atoms with E-state index in [0.29, 0.717) is 38.0 Å². The number of Topliss-reactive ketones (excluding diaryl/α,β-unsaturated/α-hetero) is 1. The van der Waals surface area contributed by atoms with Crippen molar-refractivity contribution in [2.45, 2.75) is 39.3 Å². The molecule has 0 aliphatic carbocycles. The van der Waals surface area contributed by atoms with Crippen LogP contribution in [0.1, 0.15) is 42.6 Å². The van der Waals surface area contributed by atoms with Gasteiger partial charge in [0.2, 0.25) is 0 Å². The van der Waals surface area contributed by atoms with E-state index in [9.17, 15) is 14.4 Å². The molecule has 0 unspecified atom stereocenters. The number of carbonyl (C=O) groups excluding carboxylic acids is 3. The highest BCUT2D eigenvalue weighted by atomic mass is 16.2. The molecule has 23 heavy (non-hydrogen) atoms. The summed E-state index contributed by atoms with van der Waals surface area (Å²) in [5.41, 5.74) is 1.53. The van der Waals surface area contributed by atoms with E-state index in [1.165, 1.54) is 0 Å². The first-order chi connectivity index (χ1) is 11.0. The van der Waals surface area contributed by atoms with Gasteiger partial charge in [0.25, 0.3) is 5.91 Å². The van der Waals surface area contributed by atoms with Crippen LogP contribution in [0.2, 0.25) is 0 Å². The largest absolute Gasteiger partial charge is 0.338 e. The lowest BCUT2D eigenvalue weighted by molar-refractivity contribution is -0.120. The van der Waals surface area contributed by atoms with Crippen LogP contribution in [0.5, 0.6) is 0 Å². The monoisotopic (exact) mass is 317 g/mol. The minimum atomic E-state index is -0.210. The average Bonchev–Trinajstić information content (AvgIpc) is 2.53. The van der Waals surface area contributed by atoms with Crippen LogP contribution in [0.4, 0.5) is 4.79 Å². The molecular weight excluding hydrogens is 294 g/mol. The van der Waals surface area contributed by atoms with Crippen LogP contribution in [-0.2, 0) is 11.3 Å². The lowest BCUT2D eigenvalue weighted by Crippen LogP contribution is -2.39. The SMILES string of the molecule is CC(C)NC(=O)NCc1ccc(C(=O)N2CCC(=O)CC2)cc1. The van der Waals surface area contributed by atoms with Gasteiger partial charge in [-0.3, -0.25) is 9.59 Å². The number of ketones is 1. The Labute approximate surface area is 136 Å². The molecule has 0 saturated carbocycles. The maximum absolute atomic E-state index is 12.3. The summed E-state index contributed by atoms with van der Waals surface area (Å²) in [6, 6.07) is 7.06. The second-order valence-corrected chi connectivity index (χ2v) is 6.01. The molecule has 3 amide bonds. The Bertz CT molecular complexity index is 571. The number of rotatable bonds is 4. The molecule has 0 bridgehead atoms. The maximum atomic E-state index is 12.3. The van der Waals surface area contributed by atoms with Crippen LogP contribution in [-0.4, -0.2) is 41.8 Å². The fourth-order valence-electron chi connectivity index (χ4n) is 2.40. The zero-order valence-electron chi connectivity index (χ0n) is 13.6. The van der Waals surface area contributed by atoms with Gasteiger partial charge in [0, 0.05) is 44.1 Å². The van der Waals surface area contributed by atoms with Crippen molar-refractivity contribution < 1.29 is 14.4 Å². The molecule has 6 heteroatoms. The Morgan fingerprint density at radius 2 is 1.74 bits per heavy atom. The number of hydrogen-bond acceptors (Lipinski definition) is 3. The number of likely N-dealkylation sites (tertiary alicyclic amines) is 1. The molecule has 1 aromatic carbocycles. The summed E-state index contributed by atoms with van der Waals surface area (Å²) in [4.78, 5) is 36.8. The van der Waals surface area contributed by atoms with Crippen molar-refractivity contribution in [3.8, 4) is 0 Å². The highest BCUT2D eigenvalue weighted by Gasteiger charge is 2.21. The van der Waals surface area contributed by atoms with Gasteiger partial charge in [-0.1, -0.05) is 12.1 Å². The van der Waals surface area contributed by atoms with Crippen molar-refractivity contribution in [1.82, 2.24) is 15.5 Å². The van der Waals surface area contributed by atoms with Gasteiger partial charge >= 0.3 is 6.03 Å². The second-order valence-electron chi connectivity index (χ2n) is 6.01. The zero-order valence-corrected chi connectivity index (χ0v) is 13.6. The number of carbonyl (C=O) groups is 3. The minimum Gasteiger partial charge on any atom is -0.338 e. The van der Waals surface area contributed by atoms with E-state index in [4.69, 9.17) is 0 Å². The van der Waals surface area contributed by atoms with Crippen molar-refractivity contribution in [2.75, 3.05) is 13.1 Å². The van der Waals surface area contributed by atoms with Gasteiger partial charge < -0.3 is 15.5 Å². The molecule has 1 fully saturated rings. The van der Waals surface area contributed by atoms with Gasteiger partial charge in [-0.15, -0.1) is 0 Å². The topological polar surface area (TPSA) is 78.5 Å². The first-order valence-electron chi connectivity index (χ1n) is 7.90. The molecule has 0 atom stereocenters. The van der Waals surface area contributed by atoms with Crippen molar-refractivity contribution in [2.24, 2.45) is 0 Å². The van der Waals surface area contributed by atoms with E-state index in [1.807, 2.05) is 26.0 Å². The summed E-state index contributed by atoms with van der Waals surface area (Å²) < 4.78 is 0. The highest BCUT2D eigenvalue weighted by Crippen LogP contribution is 2.12. The third-order valence-corrected chi connectivity index (χ3v) is 3.68. The molecule has 1 saturated heterocycles. The van der Waals surface area contributed by atoms with Crippen LogP contribution in [0.25, 0.3) is 0 Å². The van der Waals surface area contributed by atoms with E-state index < -0.39 is 0 Å². The molecule has 124 valence electrons. The number of benzene rings is 1. The Balaban J connectivity index is 1.87. The second kappa shape index (κ2) is 7.76. The Kier molecular flexibility index (Phi) is 5.73. The minimum absolute atomic E-state index is 0.0467. The first kappa shape index (κ1) is 17.0. The highest BCUT2D eigenvalue weighted by molar-refractivity contribution is 5.95. The molecule has 0 aromatic heterocycles. The predicted molar refractivity (Wildman–Crippen MR) is 87.1 cm³/mol. The molecule has 6 nitrogen and oxygen atoms in total. The third-order valence-electron chi connectivity index (χ3n) is 3.68. The molecule has 2 rings (SSSR count). The van der Waals surface area contributed by atoms with Crippen LogP contribution in [0, 0.1) is 0 Å². The average molecular weight is 317 g/mol. The van der Waals surface area contributed by atoms with Crippen molar-refractivity contribution >= 4 is 17.7 Å². The summed E-state index contributed by atoms with van der Waals surface area (Å²) in [6.45, 7) is 5.19. The standard InChI is InChI=1S/C17H23N3O3/c1-12(2)19-17(23)18-11-13-3-5-14(6-4-13)16(22)20-9-7-15(21)8-10-20/h3-6,12H,7-11H2,1-2H3,(H2,18,19,23). The van der Waals surface area contributed by atoms with E-state index in [2.05, 4.69) is 10.6 Å². The smallest absolute Gasteiger partial charge is 0.315 e. The van der Waals surface area contributed by atoms with Gasteiger partial charge in [0.05, 0.1) is 0 Å². The van der Waals surface area contributed by atoms with Crippen LogP contribution < -0.4 is 10.6 Å². The fraction of sp³-hybridized carbons (Fsp3) is 0.471. The predicted octanol–water partition coefficient (Wildman–Crippen LogP) is 1.70. The number of piperidine rings is 1. The molecule has 0 spiro atoms. The molecule has 2 N–H and O–H groups in total. The van der Waals surface area contributed by atoms with E-state index >= 15 is 0 Å². The molecule has 1 aromatic rings. The lowest BCUT2D eigenvalue weighted by atomic mass is 10.1. The number of urea groups is 1. The summed E-state index contributed by atoms with van der Waals surface area (Å²) in [6.07, 6.45) is 0.886. The van der Waals surface area contributed by atoms with Gasteiger partial charge in [0.1, 0.15) is 5.78 Å². The van der Waals surface area contributed by atoms with Crippen LogP contribution in [0.3, 0.4) is 0 Å². The normalized spacial score (nSPS) is 14.7. The molecule has 1 heterocycles. The fourth-order valence-corrected chi connectivity index (χ4v) is 2.40. The first-order valence-corrected chi connectivity index (χ1v) is 7.90. The summed E-state index contributed by atoms with van der Waals surface area (Å²) in [7, 11) is 0. The Hall–Kier alpha value is -2.37. The van der Waals surface area contributed by atoms with E-state index in [1.54, 1.807) is 17.0 Å². The number of nitrogens with one attached hydrogen (secondary N) is 2. The van der Waals surface area contributed by atoms with Gasteiger partial charge in [-0.2, -0.15) is 0 Å². The van der Waals surface area contributed by atoms with Crippen molar-refractivity contribution in [1.29, 1.82) is 0 Å². The van der Waals surface area contributed by atoms with E-state index in [0.717, 1.165) is 5.56 Å². The zero-order chi connectivity index (χ0) is 16.8. The number of amides is 3. The molecule has 0 radical (unpaired) electrons. The summed E-state index contributed by atoms with van der Waals surface area (Å²) in [5.74, 6) is 0.171. The molecule has 1 aliphatic heterocycles. The Morgan fingerprint density at radius 3 is 2.30 bits per heavy atom. The summed E-state index contributed by atoms with van der Waals surface area (Å²) >= 11 is 0. The van der Waals surface area contributed by atoms with Gasteiger partial charge in [-0.25, -0.2) is 4.79 Å². The van der Waals surface area contributed by atoms with Crippen molar-refractivity contribution in [3.63, 3.8) is 0 Å². The van der Waals surface area contributed by atoms with Crippen LogP contribution in [0.15, 0.2) is 24.3 Å². The van der Waals surface area contributed by atoms with Gasteiger partial charge in [0.15, 0.2) is 0 Å². The number of nitrogens with zero attached hydrogens (tertiary/aromatic N) is 1. The van der Waals surface area contributed by atoms with E-state index in [-0.39, 0.29) is 23.8 Å². The number of hydrogen-bond donors (Lipinski definition) is 2. The maximum Gasteiger partial charge on any atom is 0.315 e. The molecular formula is C17H23N3O3. The summed E-state index contributed by atoms with van der Waals surface area (Å²) in [5, 5.41) is 5.52. The quantitative estimate of drug-likeness (QED) is 0.887. The van der Waals surface area contributed by atoms with Gasteiger partial charge in [-0.05, 0) is 31.5 Å².